The van der Waals surface area contributed by atoms with Crippen LogP contribution in [0.15, 0.2) is 48.2 Å². The van der Waals surface area contributed by atoms with Crippen LogP contribution in [0, 0.1) is 12.7 Å². The fourth-order valence-corrected chi connectivity index (χ4v) is 3.40. The first-order valence-corrected chi connectivity index (χ1v) is 8.74. The number of carboxylic acid groups (broad SMARTS) is 1. The fourth-order valence-electron chi connectivity index (χ4n) is 3.40. The van der Waals surface area contributed by atoms with Gasteiger partial charge in [-0.2, -0.15) is 0 Å². The molecule has 2 aromatic carbocycles. The minimum Gasteiger partial charge on any atom is -0.495 e. The van der Waals surface area contributed by atoms with Gasteiger partial charge in [0.1, 0.15) is 11.6 Å². The summed E-state index contributed by atoms with van der Waals surface area (Å²) in [5.74, 6) is -3.37. The fraction of sp³-hybridized carbons (Fsp3) is 0.190. The molecule has 2 aromatic rings. The summed E-state index contributed by atoms with van der Waals surface area (Å²) in [4.78, 5) is 37.5. The van der Waals surface area contributed by atoms with Crippen molar-refractivity contribution >= 4 is 23.5 Å². The molecule has 3 N–H and O–H groups in total. The van der Waals surface area contributed by atoms with Crippen LogP contribution in [0.5, 0.6) is 5.75 Å². The molecule has 1 atom stereocenters. The Balaban J connectivity index is 2.12. The minimum absolute atomic E-state index is 0.0612. The number of halogens is 1. The lowest BCUT2D eigenvalue weighted by atomic mass is 9.85. The average molecular weight is 398 g/mol. The first-order valence-electron chi connectivity index (χ1n) is 8.74. The van der Waals surface area contributed by atoms with Crippen molar-refractivity contribution in [2.24, 2.45) is 5.73 Å². The van der Waals surface area contributed by atoms with Gasteiger partial charge in [0, 0.05) is 24.1 Å². The summed E-state index contributed by atoms with van der Waals surface area (Å²) in [5.41, 5.74) is 6.73. The van der Waals surface area contributed by atoms with Gasteiger partial charge in [-0.25, -0.2) is 9.18 Å². The summed E-state index contributed by atoms with van der Waals surface area (Å²) in [6, 6.07) is 8.47. The van der Waals surface area contributed by atoms with Gasteiger partial charge in [0.05, 0.1) is 18.4 Å². The highest BCUT2D eigenvalue weighted by molar-refractivity contribution is 6.04. The van der Waals surface area contributed by atoms with Crippen LogP contribution >= 0.6 is 0 Å². The van der Waals surface area contributed by atoms with Gasteiger partial charge in [-0.1, -0.05) is 12.1 Å². The van der Waals surface area contributed by atoms with E-state index in [-0.39, 0.29) is 29.0 Å². The van der Waals surface area contributed by atoms with E-state index < -0.39 is 29.5 Å². The van der Waals surface area contributed by atoms with E-state index in [0.29, 0.717) is 11.1 Å². The molecule has 3 rings (SSSR count). The van der Waals surface area contributed by atoms with E-state index in [9.17, 15) is 23.9 Å². The first kappa shape index (κ1) is 20.1. The van der Waals surface area contributed by atoms with Crippen LogP contribution in [-0.4, -0.2) is 30.0 Å². The monoisotopic (exact) mass is 398 g/mol. The van der Waals surface area contributed by atoms with Crippen LogP contribution < -0.4 is 15.4 Å². The van der Waals surface area contributed by atoms with E-state index in [1.54, 1.807) is 13.0 Å². The third-order valence-corrected chi connectivity index (χ3v) is 4.84. The number of nitrogens with two attached hydrogens (primary N) is 1. The molecule has 0 bridgehead atoms. The summed E-state index contributed by atoms with van der Waals surface area (Å²) in [7, 11) is 1.37. The molecule has 0 unspecified atom stereocenters. The molecular weight excluding hydrogens is 379 g/mol. The Labute approximate surface area is 166 Å². The summed E-state index contributed by atoms with van der Waals surface area (Å²) in [6.07, 6.45) is 1.05. The lowest BCUT2D eigenvalue weighted by molar-refractivity contribution is -0.133. The van der Waals surface area contributed by atoms with Crippen LogP contribution in [0.4, 0.5) is 10.1 Å². The molecule has 150 valence electrons. The predicted molar refractivity (Wildman–Crippen MR) is 103 cm³/mol. The summed E-state index contributed by atoms with van der Waals surface area (Å²) in [6.45, 7) is 1.65. The van der Waals surface area contributed by atoms with Crippen LogP contribution in [0.2, 0.25) is 0 Å². The van der Waals surface area contributed by atoms with Crippen molar-refractivity contribution in [3.05, 3.63) is 70.7 Å². The zero-order valence-corrected chi connectivity index (χ0v) is 15.8. The number of rotatable bonds is 5. The molecule has 0 saturated heterocycles. The molecule has 2 amide bonds. The standard InChI is InChI=1S/C21H19FN2O5/c1-11-6-17(18(29-2)8-14(11)20(23)26)24-10-16(21(27)28)15(9-19(24)25)12-4-3-5-13(22)7-12/h3-8,10,15H,9H2,1-2H3,(H2,23,26)(H,27,28)/t15-/m1/s1. The maximum absolute atomic E-state index is 13.6. The third kappa shape index (κ3) is 3.82. The molecule has 0 saturated carbocycles. The molecule has 1 aliphatic heterocycles. The van der Waals surface area contributed by atoms with Crippen molar-refractivity contribution in [1.82, 2.24) is 0 Å². The summed E-state index contributed by atoms with van der Waals surface area (Å²) in [5, 5.41) is 9.70. The Hall–Kier alpha value is -3.68. The number of carbonyl (C=O) groups is 3. The third-order valence-electron chi connectivity index (χ3n) is 4.84. The molecule has 0 spiro atoms. The molecule has 7 nitrogen and oxygen atoms in total. The average Bonchev–Trinajstić information content (AvgIpc) is 2.67. The summed E-state index contributed by atoms with van der Waals surface area (Å²) >= 11 is 0. The van der Waals surface area contributed by atoms with E-state index in [1.165, 1.54) is 48.5 Å². The zero-order chi connectivity index (χ0) is 21.3. The number of primary amides is 1. The number of benzene rings is 2. The number of aryl methyl sites for hydroxylation is 1. The first-order chi connectivity index (χ1) is 13.7. The number of hydrogen-bond donors (Lipinski definition) is 2. The second-order valence-corrected chi connectivity index (χ2v) is 6.67. The SMILES string of the molecule is COc1cc(C(N)=O)c(C)cc1N1C=C(C(=O)O)[C@@H](c2cccc(F)c2)CC1=O. The number of methoxy groups -OCH3 is 1. The van der Waals surface area contributed by atoms with Gasteiger partial charge >= 0.3 is 5.97 Å². The second kappa shape index (κ2) is 7.75. The van der Waals surface area contributed by atoms with Crippen LogP contribution in [0.25, 0.3) is 0 Å². The number of carbonyl (C=O) groups excluding carboxylic acids is 2. The van der Waals surface area contributed by atoms with Crippen LogP contribution in [0.1, 0.15) is 33.8 Å². The van der Waals surface area contributed by atoms with Gasteiger partial charge in [0.25, 0.3) is 0 Å². The number of nitrogens with zero attached hydrogens (tertiary/aromatic N) is 1. The Morgan fingerprint density at radius 1 is 1.28 bits per heavy atom. The van der Waals surface area contributed by atoms with Gasteiger partial charge in [0.15, 0.2) is 0 Å². The minimum atomic E-state index is -1.22. The number of amides is 2. The highest BCUT2D eigenvalue weighted by atomic mass is 19.1. The highest BCUT2D eigenvalue weighted by Crippen LogP contribution is 2.39. The number of aliphatic carboxylic acids is 1. The highest BCUT2D eigenvalue weighted by Gasteiger charge is 2.34. The van der Waals surface area contributed by atoms with Gasteiger partial charge in [-0.05, 0) is 42.3 Å². The largest absolute Gasteiger partial charge is 0.495 e. The van der Waals surface area contributed by atoms with Gasteiger partial charge < -0.3 is 15.6 Å². The molecule has 29 heavy (non-hydrogen) atoms. The number of anilines is 1. The Morgan fingerprint density at radius 2 is 2.00 bits per heavy atom. The quantitative estimate of drug-likeness (QED) is 0.805. The topological polar surface area (TPSA) is 110 Å². The van der Waals surface area contributed by atoms with Crippen molar-refractivity contribution in [3.63, 3.8) is 0 Å². The number of ether oxygens (including phenoxy) is 1. The van der Waals surface area contributed by atoms with Crippen molar-refractivity contribution in [2.75, 3.05) is 12.0 Å². The molecule has 0 fully saturated rings. The number of hydrogen-bond acceptors (Lipinski definition) is 4. The predicted octanol–water partition coefficient (Wildman–Crippen LogP) is 2.73. The molecular formula is C21H19FN2O5. The lowest BCUT2D eigenvalue weighted by Crippen LogP contribution is -2.34. The Morgan fingerprint density at radius 3 is 2.59 bits per heavy atom. The lowest BCUT2D eigenvalue weighted by Gasteiger charge is -2.30. The zero-order valence-electron chi connectivity index (χ0n) is 15.8. The van der Waals surface area contributed by atoms with Gasteiger partial charge in [0.2, 0.25) is 11.8 Å². The maximum Gasteiger partial charge on any atom is 0.333 e. The molecule has 0 radical (unpaired) electrons. The maximum atomic E-state index is 13.6. The molecule has 1 aliphatic rings. The van der Waals surface area contributed by atoms with E-state index >= 15 is 0 Å². The molecule has 8 heteroatoms. The van der Waals surface area contributed by atoms with Crippen molar-refractivity contribution in [1.29, 1.82) is 0 Å². The van der Waals surface area contributed by atoms with Crippen LogP contribution in [-0.2, 0) is 9.59 Å². The van der Waals surface area contributed by atoms with E-state index in [0.717, 1.165) is 0 Å². The van der Waals surface area contributed by atoms with Crippen molar-refractivity contribution in [3.8, 4) is 5.75 Å². The molecule has 0 aliphatic carbocycles. The molecule has 0 aromatic heterocycles. The smallest absolute Gasteiger partial charge is 0.333 e. The Kier molecular flexibility index (Phi) is 5.36. The van der Waals surface area contributed by atoms with Crippen molar-refractivity contribution < 1.29 is 28.6 Å². The summed E-state index contributed by atoms with van der Waals surface area (Å²) < 4.78 is 18.9. The van der Waals surface area contributed by atoms with E-state index in [2.05, 4.69) is 0 Å². The van der Waals surface area contributed by atoms with E-state index in [1.807, 2.05) is 0 Å². The van der Waals surface area contributed by atoms with Gasteiger partial charge in [-0.3, -0.25) is 14.5 Å². The number of carboxylic acids is 1. The Bertz CT molecular complexity index is 1050. The van der Waals surface area contributed by atoms with Crippen molar-refractivity contribution in [2.45, 2.75) is 19.3 Å². The van der Waals surface area contributed by atoms with Gasteiger partial charge in [-0.15, -0.1) is 0 Å². The van der Waals surface area contributed by atoms with Crippen LogP contribution in [0.3, 0.4) is 0 Å². The normalized spacial score (nSPS) is 16.4. The van der Waals surface area contributed by atoms with E-state index in [4.69, 9.17) is 10.5 Å². The second-order valence-electron chi connectivity index (χ2n) is 6.67. The molecule has 1 heterocycles.